The average Bonchev–Trinajstić information content (AvgIpc) is 2.19. The molecule has 0 saturated heterocycles. The lowest BCUT2D eigenvalue weighted by molar-refractivity contribution is 0.475. The molecule has 15 heavy (non-hydrogen) atoms. The monoisotopic (exact) mass is 288 g/mol. The highest BCUT2D eigenvalue weighted by molar-refractivity contribution is 9.09. The third kappa shape index (κ3) is 4.16. The Labute approximate surface area is 106 Å². The van der Waals surface area contributed by atoms with Gasteiger partial charge in [-0.25, -0.2) is 0 Å². The van der Waals surface area contributed by atoms with E-state index < -0.39 is 0 Å². The summed E-state index contributed by atoms with van der Waals surface area (Å²) >= 11 is 9.74. The molecular formula is C13H18BrCl. The fourth-order valence-electron chi connectivity index (χ4n) is 1.86. The zero-order valence-corrected chi connectivity index (χ0v) is 11.7. The van der Waals surface area contributed by atoms with Gasteiger partial charge in [-0.1, -0.05) is 66.4 Å². The number of hydrogen-bond acceptors (Lipinski definition) is 0. The number of hydrogen-bond donors (Lipinski definition) is 0. The molecule has 0 aliphatic heterocycles. The Morgan fingerprint density at radius 2 is 1.93 bits per heavy atom. The van der Waals surface area contributed by atoms with E-state index in [-0.39, 0.29) is 0 Å². The summed E-state index contributed by atoms with van der Waals surface area (Å²) in [6.45, 7) is 4.50. The van der Waals surface area contributed by atoms with Crippen molar-refractivity contribution in [1.82, 2.24) is 0 Å². The van der Waals surface area contributed by atoms with Gasteiger partial charge in [0, 0.05) is 9.85 Å². The van der Waals surface area contributed by atoms with E-state index in [0.717, 1.165) is 17.4 Å². The first-order valence-electron chi connectivity index (χ1n) is 5.55. The highest BCUT2D eigenvalue weighted by Crippen LogP contribution is 2.24. The molecule has 0 N–H and O–H groups in total. The third-order valence-corrected chi connectivity index (χ3v) is 4.19. The maximum absolute atomic E-state index is 5.96. The van der Waals surface area contributed by atoms with Crippen LogP contribution in [0.5, 0.6) is 0 Å². The summed E-state index contributed by atoms with van der Waals surface area (Å²) in [5.74, 6) is 0.754. The number of halogens is 2. The smallest absolute Gasteiger partial charge is 0.0408 e. The second kappa shape index (κ2) is 6.55. The normalized spacial score (nSPS) is 13.1. The van der Waals surface area contributed by atoms with Gasteiger partial charge in [0.15, 0.2) is 0 Å². The van der Waals surface area contributed by atoms with Gasteiger partial charge in [-0.2, -0.15) is 0 Å². The molecule has 0 aliphatic rings. The van der Waals surface area contributed by atoms with Crippen molar-refractivity contribution in [2.24, 2.45) is 5.92 Å². The van der Waals surface area contributed by atoms with Crippen LogP contribution >= 0.6 is 27.5 Å². The molecule has 2 heteroatoms. The molecule has 0 heterocycles. The highest BCUT2D eigenvalue weighted by Gasteiger charge is 2.15. The lowest BCUT2D eigenvalue weighted by Gasteiger charge is -2.19. The Morgan fingerprint density at radius 1 is 1.27 bits per heavy atom. The first kappa shape index (κ1) is 13.1. The minimum absolute atomic E-state index is 0.561. The minimum atomic E-state index is 0.561. The quantitative estimate of drug-likeness (QED) is 0.663. The summed E-state index contributed by atoms with van der Waals surface area (Å²) in [7, 11) is 0. The minimum Gasteiger partial charge on any atom is -0.0884 e. The van der Waals surface area contributed by atoms with Gasteiger partial charge in [0.25, 0.3) is 0 Å². The zero-order chi connectivity index (χ0) is 11.3. The van der Waals surface area contributed by atoms with Crippen molar-refractivity contribution in [3.05, 3.63) is 34.9 Å². The number of benzene rings is 1. The predicted molar refractivity (Wildman–Crippen MR) is 71.9 cm³/mol. The Balaban J connectivity index is 2.61. The first-order chi connectivity index (χ1) is 7.17. The molecule has 1 rings (SSSR count). The summed E-state index contributed by atoms with van der Waals surface area (Å²) < 4.78 is 0. The molecule has 0 saturated carbocycles. The van der Waals surface area contributed by atoms with E-state index >= 15 is 0 Å². The molecule has 1 aromatic rings. The van der Waals surface area contributed by atoms with Gasteiger partial charge in [0.2, 0.25) is 0 Å². The largest absolute Gasteiger partial charge is 0.0884 e. The summed E-state index contributed by atoms with van der Waals surface area (Å²) in [4.78, 5) is 0.561. The Kier molecular flexibility index (Phi) is 5.70. The second-order valence-electron chi connectivity index (χ2n) is 3.93. The van der Waals surface area contributed by atoms with E-state index in [9.17, 15) is 0 Å². The maximum atomic E-state index is 5.96. The van der Waals surface area contributed by atoms with Crippen LogP contribution < -0.4 is 0 Å². The van der Waals surface area contributed by atoms with Crippen LogP contribution in [0.1, 0.15) is 32.3 Å². The SMILES string of the molecule is CCC(CC)C(Br)Cc1cccc(Cl)c1. The van der Waals surface area contributed by atoms with Gasteiger partial charge in [-0.15, -0.1) is 0 Å². The van der Waals surface area contributed by atoms with Crippen molar-refractivity contribution in [3.63, 3.8) is 0 Å². The van der Waals surface area contributed by atoms with Crippen LogP contribution in [0.15, 0.2) is 24.3 Å². The van der Waals surface area contributed by atoms with Gasteiger partial charge < -0.3 is 0 Å². The number of rotatable bonds is 5. The summed E-state index contributed by atoms with van der Waals surface area (Å²) in [6.07, 6.45) is 3.52. The van der Waals surface area contributed by atoms with Crippen LogP contribution in [0.4, 0.5) is 0 Å². The van der Waals surface area contributed by atoms with Crippen LogP contribution in [0, 0.1) is 5.92 Å². The van der Waals surface area contributed by atoms with Gasteiger partial charge in [-0.05, 0) is 30.0 Å². The van der Waals surface area contributed by atoms with Gasteiger partial charge in [0.1, 0.15) is 0 Å². The molecule has 0 aromatic heterocycles. The molecule has 0 bridgehead atoms. The van der Waals surface area contributed by atoms with Gasteiger partial charge in [0.05, 0.1) is 0 Å². The molecule has 1 atom stereocenters. The molecule has 0 nitrogen and oxygen atoms in total. The predicted octanol–water partition coefficient (Wildman–Crippen LogP) is 5.08. The summed E-state index contributed by atoms with van der Waals surface area (Å²) in [5, 5.41) is 0.830. The zero-order valence-electron chi connectivity index (χ0n) is 9.34. The third-order valence-electron chi connectivity index (χ3n) is 2.88. The first-order valence-corrected chi connectivity index (χ1v) is 6.85. The van der Waals surface area contributed by atoms with E-state index in [4.69, 9.17) is 11.6 Å². The van der Waals surface area contributed by atoms with E-state index in [1.54, 1.807) is 0 Å². The van der Waals surface area contributed by atoms with E-state index in [0.29, 0.717) is 4.83 Å². The fraction of sp³-hybridized carbons (Fsp3) is 0.538. The molecule has 0 spiro atoms. The van der Waals surface area contributed by atoms with E-state index in [2.05, 4.69) is 41.9 Å². The molecule has 0 aliphatic carbocycles. The molecule has 0 fully saturated rings. The van der Waals surface area contributed by atoms with Crippen LogP contribution in [0.2, 0.25) is 5.02 Å². The van der Waals surface area contributed by atoms with Gasteiger partial charge in [-0.3, -0.25) is 0 Å². The van der Waals surface area contributed by atoms with Crippen molar-refractivity contribution in [1.29, 1.82) is 0 Å². The highest BCUT2D eigenvalue weighted by atomic mass is 79.9. The Hall–Kier alpha value is -0.0100. The van der Waals surface area contributed by atoms with Crippen molar-refractivity contribution >= 4 is 27.5 Å². The Bertz CT molecular complexity index is 294. The Morgan fingerprint density at radius 3 is 2.47 bits per heavy atom. The maximum Gasteiger partial charge on any atom is 0.0408 e. The van der Waals surface area contributed by atoms with Crippen LogP contribution in [0.25, 0.3) is 0 Å². The lowest BCUT2D eigenvalue weighted by Crippen LogP contribution is -2.15. The number of alkyl halides is 1. The molecule has 84 valence electrons. The fourth-order valence-corrected chi connectivity index (χ4v) is 3.19. The van der Waals surface area contributed by atoms with Crippen LogP contribution in [-0.2, 0) is 6.42 Å². The molecule has 0 amide bonds. The second-order valence-corrected chi connectivity index (χ2v) is 5.54. The molecule has 1 aromatic carbocycles. The van der Waals surface area contributed by atoms with Crippen molar-refractivity contribution < 1.29 is 0 Å². The summed E-state index contributed by atoms with van der Waals surface area (Å²) in [5.41, 5.74) is 1.32. The van der Waals surface area contributed by atoms with Gasteiger partial charge >= 0.3 is 0 Å². The standard InChI is InChI=1S/C13H18BrCl/c1-3-11(4-2)13(14)9-10-6-5-7-12(15)8-10/h5-8,11,13H,3-4,9H2,1-2H3. The molecular weight excluding hydrogens is 271 g/mol. The molecule has 0 radical (unpaired) electrons. The van der Waals surface area contributed by atoms with Crippen LogP contribution in [-0.4, -0.2) is 4.83 Å². The van der Waals surface area contributed by atoms with Crippen molar-refractivity contribution in [2.45, 2.75) is 37.9 Å². The van der Waals surface area contributed by atoms with E-state index in [1.165, 1.54) is 18.4 Å². The van der Waals surface area contributed by atoms with E-state index in [1.807, 2.05) is 12.1 Å². The molecule has 1 unspecified atom stereocenters. The van der Waals surface area contributed by atoms with Crippen molar-refractivity contribution in [3.8, 4) is 0 Å². The topological polar surface area (TPSA) is 0 Å². The van der Waals surface area contributed by atoms with Crippen molar-refractivity contribution in [2.75, 3.05) is 0 Å². The van der Waals surface area contributed by atoms with Crippen LogP contribution in [0.3, 0.4) is 0 Å². The average molecular weight is 290 g/mol. The lowest BCUT2D eigenvalue weighted by atomic mass is 9.95. The summed E-state index contributed by atoms with van der Waals surface area (Å²) in [6, 6.07) is 8.14.